The van der Waals surface area contributed by atoms with Crippen molar-refractivity contribution in [3.8, 4) is 0 Å². The van der Waals surface area contributed by atoms with Crippen LogP contribution in [0, 0.1) is 13.8 Å². The standard InChI is InChI=1S/C31H38N2O2S/c1-4-5-20-32-31(35)29(22-26-12-7-6-8-13-26)33(23-27-14-10-9-11-25(27)3)30(34)19-21-36-28-17-15-24(2)16-18-28/h6-18,29H,4-5,19-23H2,1-3H3,(H,32,35). The van der Waals surface area contributed by atoms with E-state index >= 15 is 0 Å². The molecule has 36 heavy (non-hydrogen) atoms. The Balaban J connectivity index is 1.83. The molecule has 2 amide bonds. The summed E-state index contributed by atoms with van der Waals surface area (Å²) in [5.74, 6) is 0.589. The molecule has 0 spiro atoms. The van der Waals surface area contributed by atoms with Gasteiger partial charge in [0.1, 0.15) is 6.04 Å². The summed E-state index contributed by atoms with van der Waals surface area (Å²) in [7, 11) is 0. The highest BCUT2D eigenvalue weighted by Crippen LogP contribution is 2.22. The molecule has 1 atom stereocenters. The third-order valence-electron chi connectivity index (χ3n) is 6.31. The molecule has 3 rings (SSSR count). The van der Waals surface area contributed by atoms with Crippen molar-refractivity contribution in [2.24, 2.45) is 0 Å². The average Bonchev–Trinajstić information content (AvgIpc) is 2.89. The van der Waals surface area contributed by atoms with Gasteiger partial charge < -0.3 is 10.2 Å². The van der Waals surface area contributed by atoms with Crippen molar-refractivity contribution >= 4 is 23.6 Å². The Labute approximate surface area is 220 Å². The van der Waals surface area contributed by atoms with Crippen molar-refractivity contribution in [3.63, 3.8) is 0 Å². The number of carbonyl (C=O) groups excluding carboxylic acids is 2. The molecule has 0 fully saturated rings. The van der Waals surface area contributed by atoms with Crippen molar-refractivity contribution in [2.75, 3.05) is 12.3 Å². The maximum Gasteiger partial charge on any atom is 0.243 e. The van der Waals surface area contributed by atoms with Crippen molar-refractivity contribution in [2.45, 2.75) is 63.9 Å². The van der Waals surface area contributed by atoms with Gasteiger partial charge in [0.05, 0.1) is 0 Å². The maximum atomic E-state index is 13.7. The first-order valence-electron chi connectivity index (χ1n) is 12.8. The Hall–Kier alpha value is -3.05. The van der Waals surface area contributed by atoms with Gasteiger partial charge in [-0.3, -0.25) is 9.59 Å². The largest absolute Gasteiger partial charge is 0.354 e. The highest BCUT2D eigenvalue weighted by molar-refractivity contribution is 7.99. The summed E-state index contributed by atoms with van der Waals surface area (Å²) in [6, 6.07) is 25.9. The lowest BCUT2D eigenvalue weighted by Crippen LogP contribution is -2.50. The van der Waals surface area contributed by atoms with E-state index in [0.717, 1.165) is 34.4 Å². The summed E-state index contributed by atoms with van der Waals surface area (Å²) in [5, 5.41) is 3.09. The van der Waals surface area contributed by atoms with Crippen LogP contribution in [-0.4, -0.2) is 35.1 Å². The molecule has 0 heterocycles. The van der Waals surface area contributed by atoms with Crippen LogP contribution in [0.5, 0.6) is 0 Å². The normalized spacial score (nSPS) is 11.6. The first kappa shape index (κ1) is 27.5. The van der Waals surface area contributed by atoms with E-state index in [0.29, 0.717) is 31.7 Å². The quantitative estimate of drug-likeness (QED) is 0.219. The van der Waals surface area contributed by atoms with Crippen LogP contribution >= 0.6 is 11.8 Å². The molecule has 1 N–H and O–H groups in total. The first-order valence-corrected chi connectivity index (χ1v) is 13.8. The number of hydrogen-bond acceptors (Lipinski definition) is 3. The van der Waals surface area contributed by atoms with Gasteiger partial charge in [-0.25, -0.2) is 0 Å². The molecule has 0 aliphatic carbocycles. The number of benzene rings is 3. The van der Waals surface area contributed by atoms with Gasteiger partial charge in [0.15, 0.2) is 0 Å². The molecular weight excluding hydrogens is 464 g/mol. The molecule has 0 saturated carbocycles. The Morgan fingerprint density at radius 1 is 0.917 bits per heavy atom. The van der Waals surface area contributed by atoms with E-state index in [9.17, 15) is 9.59 Å². The smallest absolute Gasteiger partial charge is 0.243 e. The molecule has 0 radical (unpaired) electrons. The van der Waals surface area contributed by atoms with E-state index in [1.807, 2.05) is 48.5 Å². The van der Waals surface area contributed by atoms with Crippen LogP contribution in [-0.2, 0) is 22.6 Å². The molecule has 0 aliphatic rings. The van der Waals surface area contributed by atoms with Gasteiger partial charge in [0.2, 0.25) is 11.8 Å². The average molecular weight is 503 g/mol. The zero-order valence-electron chi connectivity index (χ0n) is 21.7. The number of nitrogens with zero attached hydrogens (tertiary/aromatic N) is 1. The second-order valence-corrected chi connectivity index (χ2v) is 10.4. The number of carbonyl (C=O) groups is 2. The summed E-state index contributed by atoms with van der Waals surface area (Å²) >= 11 is 1.68. The van der Waals surface area contributed by atoms with Gasteiger partial charge in [-0.05, 0) is 49.1 Å². The number of aryl methyl sites for hydroxylation is 2. The third-order valence-corrected chi connectivity index (χ3v) is 7.32. The number of unbranched alkanes of at least 4 members (excludes halogenated alkanes) is 1. The summed E-state index contributed by atoms with van der Waals surface area (Å²) in [5.41, 5.74) is 4.45. The third kappa shape index (κ3) is 8.56. The van der Waals surface area contributed by atoms with Crippen molar-refractivity contribution in [3.05, 3.63) is 101 Å². The van der Waals surface area contributed by atoms with E-state index < -0.39 is 6.04 Å². The van der Waals surface area contributed by atoms with Gasteiger partial charge in [0, 0.05) is 36.6 Å². The van der Waals surface area contributed by atoms with Gasteiger partial charge >= 0.3 is 0 Å². The molecule has 190 valence electrons. The molecule has 3 aromatic carbocycles. The second kappa shape index (κ2) is 14.5. The Bertz CT molecular complexity index is 1100. The van der Waals surface area contributed by atoms with Crippen LogP contribution in [0.4, 0.5) is 0 Å². The predicted octanol–water partition coefficient (Wildman–Crippen LogP) is 6.34. The maximum absolute atomic E-state index is 13.7. The van der Waals surface area contributed by atoms with Crippen LogP contribution in [0.2, 0.25) is 0 Å². The lowest BCUT2D eigenvalue weighted by molar-refractivity contribution is -0.141. The zero-order chi connectivity index (χ0) is 25.8. The minimum absolute atomic E-state index is 0.00411. The van der Waals surface area contributed by atoms with Crippen LogP contribution in [0.15, 0.2) is 83.8 Å². The SMILES string of the molecule is CCCCNC(=O)C(Cc1ccccc1)N(Cc1ccccc1C)C(=O)CCSc1ccc(C)cc1. The number of thioether (sulfide) groups is 1. The molecule has 4 nitrogen and oxygen atoms in total. The lowest BCUT2D eigenvalue weighted by Gasteiger charge is -2.32. The van der Waals surface area contributed by atoms with Crippen molar-refractivity contribution in [1.29, 1.82) is 0 Å². The van der Waals surface area contributed by atoms with E-state index in [-0.39, 0.29) is 11.8 Å². The van der Waals surface area contributed by atoms with Gasteiger partial charge in [-0.15, -0.1) is 11.8 Å². The Morgan fingerprint density at radius 2 is 1.61 bits per heavy atom. The Kier molecular flexibility index (Phi) is 11.1. The summed E-state index contributed by atoms with van der Waals surface area (Å²) in [4.78, 5) is 30.1. The molecular formula is C31H38N2O2S. The minimum atomic E-state index is -0.569. The number of hydrogen-bond donors (Lipinski definition) is 1. The minimum Gasteiger partial charge on any atom is -0.354 e. The summed E-state index contributed by atoms with van der Waals surface area (Å²) < 4.78 is 0. The van der Waals surface area contributed by atoms with Crippen LogP contribution in [0.1, 0.15) is 48.4 Å². The second-order valence-electron chi connectivity index (χ2n) is 9.21. The van der Waals surface area contributed by atoms with Gasteiger partial charge in [0.25, 0.3) is 0 Å². The van der Waals surface area contributed by atoms with Gasteiger partial charge in [-0.1, -0.05) is 85.6 Å². The number of rotatable bonds is 13. The molecule has 1 unspecified atom stereocenters. The molecule has 0 aromatic heterocycles. The molecule has 0 aliphatic heterocycles. The van der Waals surface area contributed by atoms with Crippen LogP contribution < -0.4 is 5.32 Å². The number of nitrogens with one attached hydrogen (secondary N) is 1. The van der Waals surface area contributed by atoms with Crippen molar-refractivity contribution in [1.82, 2.24) is 10.2 Å². The summed E-state index contributed by atoms with van der Waals surface area (Å²) in [6.45, 7) is 7.27. The fourth-order valence-corrected chi connectivity index (χ4v) is 4.91. The van der Waals surface area contributed by atoms with Crippen LogP contribution in [0.25, 0.3) is 0 Å². The molecule has 3 aromatic rings. The fourth-order valence-electron chi connectivity index (χ4n) is 4.07. The predicted molar refractivity (Wildman–Crippen MR) is 150 cm³/mol. The number of amides is 2. The lowest BCUT2D eigenvalue weighted by atomic mass is 10.0. The van der Waals surface area contributed by atoms with E-state index in [4.69, 9.17) is 0 Å². The monoisotopic (exact) mass is 502 g/mol. The van der Waals surface area contributed by atoms with Gasteiger partial charge in [-0.2, -0.15) is 0 Å². The topological polar surface area (TPSA) is 49.4 Å². The van der Waals surface area contributed by atoms with Crippen molar-refractivity contribution < 1.29 is 9.59 Å². The van der Waals surface area contributed by atoms with E-state index in [1.165, 1.54) is 5.56 Å². The zero-order valence-corrected chi connectivity index (χ0v) is 22.5. The highest BCUT2D eigenvalue weighted by Gasteiger charge is 2.30. The highest BCUT2D eigenvalue weighted by atomic mass is 32.2. The Morgan fingerprint density at radius 3 is 2.31 bits per heavy atom. The fraction of sp³-hybridized carbons (Fsp3) is 0.355. The van der Waals surface area contributed by atoms with E-state index in [2.05, 4.69) is 56.4 Å². The molecule has 0 saturated heterocycles. The first-order chi connectivity index (χ1) is 17.5. The summed E-state index contributed by atoms with van der Waals surface area (Å²) in [6.07, 6.45) is 2.79. The molecule has 5 heteroatoms. The van der Waals surface area contributed by atoms with E-state index in [1.54, 1.807) is 16.7 Å². The molecule has 0 bridgehead atoms. The van der Waals surface area contributed by atoms with Crippen LogP contribution in [0.3, 0.4) is 0 Å².